The largest absolute Gasteiger partial charge is 0.493 e. The minimum absolute atomic E-state index is 0.0227. The second-order valence-electron chi connectivity index (χ2n) is 7.85. The Morgan fingerprint density at radius 1 is 1.19 bits per heavy atom. The van der Waals surface area contributed by atoms with Crippen molar-refractivity contribution in [2.24, 2.45) is 5.92 Å². The number of pyridine rings is 2. The second-order valence-corrected chi connectivity index (χ2v) is 7.85. The number of nitrogens with one attached hydrogen (secondary N) is 2. The SMILES string of the molecule is COc1cc(C(F)(F)F)cnc1N1CCC(NC(=O)c2ccnc(NC(=O)C3CC3)c2)C1. The lowest BCUT2D eigenvalue weighted by molar-refractivity contribution is -0.137. The molecule has 0 aromatic carbocycles. The fourth-order valence-electron chi connectivity index (χ4n) is 3.53. The predicted molar refractivity (Wildman–Crippen MR) is 109 cm³/mol. The van der Waals surface area contributed by atoms with Crippen molar-refractivity contribution < 1.29 is 27.5 Å². The number of ether oxygens (including phenoxy) is 1. The van der Waals surface area contributed by atoms with Crippen LogP contribution in [-0.2, 0) is 11.0 Å². The van der Waals surface area contributed by atoms with Crippen LogP contribution in [0.25, 0.3) is 0 Å². The molecule has 2 fully saturated rings. The van der Waals surface area contributed by atoms with E-state index in [-0.39, 0.29) is 29.5 Å². The third kappa shape index (κ3) is 4.92. The smallest absolute Gasteiger partial charge is 0.418 e. The molecule has 8 nitrogen and oxygen atoms in total. The summed E-state index contributed by atoms with van der Waals surface area (Å²) in [6.45, 7) is 0.871. The van der Waals surface area contributed by atoms with Crippen molar-refractivity contribution in [2.75, 3.05) is 30.4 Å². The van der Waals surface area contributed by atoms with Crippen LogP contribution in [0.3, 0.4) is 0 Å². The van der Waals surface area contributed by atoms with Gasteiger partial charge in [-0.1, -0.05) is 0 Å². The summed E-state index contributed by atoms with van der Waals surface area (Å²) in [7, 11) is 1.29. The average Bonchev–Trinajstić information content (AvgIpc) is 3.52. The minimum atomic E-state index is -4.51. The van der Waals surface area contributed by atoms with Crippen molar-refractivity contribution in [1.29, 1.82) is 0 Å². The average molecular weight is 449 g/mol. The summed E-state index contributed by atoms with van der Waals surface area (Å²) < 4.78 is 43.9. The zero-order chi connectivity index (χ0) is 22.9. The summed E-state index contributed by atoms with van der Waals surface area (Å²) in [5, 5.41) is 5.62. The Morgan fingerprint density at radius 2 is 1.97 bits per heavy atom. The van der Waals surface area contributed by atoms with Crippen molar-refractivity contribution in [3.05, 3.63) is 41.7 Å². The summed E-state index contributed by atoms with van der Waals surface area (Å²) in [4.78, 5) is 34.4. The number of amides is 2. The molecule has 1 aliphatic carbocycles. The van der Waals surface area contributed by atoms with E-state index in [1.54, 1.807) is 11.0 Å². The van der Waals surface area contributed by atoms with Gasteiger partial charge in [0.05, 0.1) is 12.7 Å². The molecule has 2 aromatic heterocycles. The van der Waals surface area contributed by atoms with Crippen LogP contribution in [0.1, 0.15) is 35.2 Å². The molecule has 2 aliphatic rings. The maximum Gasteiger partial charge on any atom is 0.418 e. The summed E-state index contributed by atoms with van der Waals surface area (Å²) in [6.07, 6.45) is 0.0366. The Balaban J connectivity index is 1.39. The zero-order valence-corrected chi connectivity index (χ0v) is 17.3. The molecule has 3 heterocycles. The Hall–Kier alpha value is -3.37. The van der Waals surface area contributed by atoms with Crippen molar-refractivity contribution >= 4 is 23.5 Å². The lowest BCUT2D eigenvalue weighted by Gasteiger charge is -2.21. The Bertz CT molecular complexity index is 1030. The molecule has 0 spiro atoms. The maximum atomic E-state index is 12.9. The molecular formula is C21H22F3N5O3. The highest BCUT2D eigenvalue weighted by molar-refractivity contribution is 5.97. The molecule has 32 heavy (non-hydrogen) atoms. The molecule has 2 amide bonds. The quantitative estimate of drug-likeness (QED) is 0.704. The van der Waals surface area contributed by atoms with E-state index in [1.165, 1.54) is 19.4 Å². The van der Waals surface area contributed by atoms with Gasteiger partial charge in [-0.15, -0.1) is 0 Å². The first-order valence-electron chi connectivity index (χ1n) is 10.2. The predicted octanol–water partition coefficient (Wildman–Crippen LogP) is 2.86. The summed E-state index contributed by atoms with van der Waals surface area (Å²) in [5.41, 5.74) is -0.529. The number of alkyl halides is 3. The van der Waals surface area contributed by atoms with Gasteiger partial charge in [0.15, 0.2) is 11.6 Å². The number of anilines is 2. The number of hydrogen-bond acceptors (Lipinski definition) is 6. The molecule has 1 saturated carbocycles. The number of hydrogen-bond donors (Lipinski definition) is 2. The fraction of sp³-hybridized carbons (Fsp3) is 0.429. The first-order valence-corrected chi connectivity index (χ1v) is 10.2. The van der Waals surface area contributed by atoms with Gasteiger partial charge in [0.1, 0.15) is 5.82 Å². The number of halogens is 3. The highest BCUT2D eigenvalue weighted by Gasteiger charge is 2.34. The molecule has 1 saturated heterocycles. The van der Waals surface area contributed by atoms with E-state index >= 15 is 0 Å². The van der Waals surface area contributed by atoms with E-state index in [9.17, 15) is 22.8 Å². The molecule has 11 heteroatoms. The number of aromatic nitrogens is 2. The Labute approximate surface area is 182 Å². The maximum absolute atomic E-state index is 12.9. The topological polar surface area (TPSA) is 96.4 Å². The van der Waals surface area contributed by atoms with Crippen LogP contribution in [-0.4, -0.2) is 48.0 Å². The van der Waals surface area contributed by atoms with Gasteiger partial charge in [0.2, 0.25) is 5.91 Å². The molecule has 1 unspecified atom stereocenters. The van der Waals surface area contributed by atoms with Crippen molar-refractivity contribution in [1.82, 2.24) is 15.3 Å². The van der Waals surface area contributed by atoms with Crippen LogP contribution in [0, 0.1) is 5.92 Å². The summed E-state index contributed by atoms with van der Waals surface area (Å²) >= 11 is 0. The fourth-order valence-corrected chi connectivity index (χ4v) is 3.53. The third-order valence-corrected chi connectivity index (χ3v) is 5.42. The normalized spacial score (nSPS) is 18.4. The second kappa shape index (κ2) is 8.64. The van der Waals surface area contributed by atoms with Crippen molar-refractivity contribution in [3.8, 4) is 5.75 Å². The van der Waals surface area contributed by atoms with Crippen LogP contribution in [0.15, 0.2) is 30.6 Å². The van der Waals surface area contributed by atoms with E-state index in [2.05, 4.69) is 20.6 Å². The van der Waals surface area contributed by atoms with Crippen LogP contribution < -0.4 is 20.3 Å². The van der Waals surface area contributed by atoms with Gasteiger partial charge >= 0.3 is 6.18 Å². The molecular weight excluding hydrogens is 427 g/mol. The third-order valence-electron chi connectivity index (χ3n) is 5.42. The molecule has 0 radical (unpaired) electrons. The van der Waals surface area contributed by atoms with Gasteiger partial charge < -0.3 is 20.3 Å². The Kier molecular flexibility index (Phi) is 5.90. The van der Waals surface area contributed by atoms with Crippen LogP contribution in [0.4, 0.5) is 24.8 Å². The van der Waals surface area contributed by atoms with E-state index < -0.39 is 11.7 Å². The molecule has 1 atom stereocenters. The highest BCUT2D eigenvalue weighted by Crippen LogP contribution is 2.36. The zero-order valence-electron chi connectivity index (χ0n) is 17.3. The minimum Gasteiger partial charge on any atom is -0.493 e. The van der Waals surface area contributed by atoms with Gasteiger partial charge in [-0.05, 0) is 37.5 Å². The number of methoxy groups -OCH3 is 1. The molecule has 1 aliphatic heterocycles. The van der Waals surface area contributed by atoms with Crippen LogP contribution >= 0.6 is 0 Å². The van der Waals surface area contributed by atoms with E-state index in [0.29, 0.717) is 36.7 Å². The number of nitrogens with zero attached hydrogens (tertiary/aromatic N) is 3. The van der Waals surface area contributed by atoms with Crippen LogP contribution in [0.2, 0.25) is 0 Å². The van der Waals surface area contributed by atoms with E-state index in [4.69, 9.17) is 4.74 Å². The molecule has 0 bridgehead atoms. The number of carbonyl (C=O) groups is 2. The number of carbonyl (C=O) groups excluding carboxylic acids is 2. The van der Waals surface area contributed by atoms with Crippen molar-refractivity contribution in [2.45, 2.75) is 31.5 Å². The first kappa shape index (κ1) is 21.8. The lowest BCUT2D eigenvalue weighted by Crippen LogP contribution is -2.37. The molecule has 170 valence electrons. The standard InChI is InChI=1S/C21H22F3N5O3/c1-32-16-9-14(21(22,23)24)10-26-18(16)29-7-5-15(11-29)27-20(31)13-4-6-25-17(8-13)28-19(30)12-2-3-12/h4,6,8-10,12,15H,2-3,5,7,11H2,1H3,(H,27,31)(H,25,28,30). The molecule has 2 N–H and O–H groups in total. The highest BCUT2D eigenvalue weighted by atomic mass is 19.4. The Morgan fingerprint density at radius 3 is 2.66 bits per heavy atom. The van der Waals surface area contributed by atoms with E-state index in [1.807, 2.05) is 0 Å². The number of rotatable bonds is 6. The molecule has 2 aromatic rings. The van der Waals surface area contributed by atoms with Gasteiger partial charge in [0, 0.05) is 43.0 Å². The van der Waals surface area contributed by atoms with E-state index in [0.717, 1.165) is 25.1 Å². The first-order chi connectivity index (χ1) is 15.2. The van der Waals surface area contributed by atoms with Gasteiger partial charge in [0.25, 0.3) is 5.91 Å². The van der Waals surface area contributed by atoms with Gasteiger partial charge in [-0.25, -0.2) is 9.97 Å². The summed E-state index contributed by atoms with van der Waals surface area (Å²) in [5.74, 6) is 0.243. The van der Waals surface area contributed by atoms with Crippen molar-refractivity contribution in [3.63, 3.8) is 0 Å². The lowest BCUT2D eigenvalue weighted by atomic mass is 10.2. The van der Waals surface area contributed by atoms with Gasteiger partial charge in [-0.2, -0.15) is 13.2 Å². The van der Waals surface area contributed by atoms with Gasteiger partial charge in [-0.3, -0.25) is 9.59 Å². The monoisotopic (exact) mass is 449 g/mol. The van der Waals surface area contributed by atoms with Crippen LogP contribution in [0.5, 0.6) is 5.75 Å². The molecule has 4 rings (SSSR count). The summed E-state index contributed by atoms with van der Waals surface area (Å²) in [6, 6.07) is 3.76.